The molecule has 0 saturated carbocycles. The predicted molar refractivity (Wildman–Crippen MR) is 94.8 cm³/mol. The molecule has 0 fully saturated rings. The van der Waals surface area contributed by atoms with E-state index in [1.165, 1.54) is 30.3 Å². The minimum atomic E-state index is -4.76. The van der Waals surface area contributed by atoms with Crippen LogP contribution in [0, 0.1) is 11.3 Å². The summed E-state index contributed by atoms with van der Waals surface area (Å²) in [7, 11) is 0. The third-order valence-electron chi connectivity index (χ3n) is 3.70. The van der Waals surface area contributed by atoms with Gasteiger partial charge in [0.05, 0.1) is 32.9 Å². The average Bonchev–Trinajstić information content (AvgIpc) is 2.95. The minimum absolute atomic E-state index is 0.00895. The van der Waals surface area contributed by atoms with Gasteiger partial charge in [-0.2, -0.15) is 18.4 Å². The van der Waals surface area contributed by atoms with Gasteiger partial charge in [-0.25, -0.2) is 4.98 Å². The monoisotopic (exact) mass is 412 g/mol. The van der Waals surface area contributed by atoms with Crippen LogP contribution in [0.2, 0.25) is 10.0 Å². The highest BCUT2D eigenvalue weighted by atomic mass is 35.5. The quantitative estimate of drug-likeness (QED) is 0.647. The molecular weight excluding hydrogens is 404 g/mol. The maximum Gasteiger partial charge on any atom is 0.449 e. The van der Waals surface area contributed by atoms with E-state index >= 15 is 0 Å². The molecule has 138 valence electrons. The summed E-state index contributed by atoms with van der Waals surface area (Å²) in [6.45, 7) is -0.543. The van der Waals surface area contributed by atoms with Crippen LogP contribution in [0.15, 0.2) is 36.4 Å². The van der Waals surface area contributed by atoms with Gasteiger partial charge in [0.15, 0.2) is 0 Å². The highest BCUT2D eigenvalue weighted by molar-refractivity contribution is 6.40. The van der Waals surface area contributed by atoms with Crippen molar-refractivity contribution < 1.29 is 18.0 Å². The van der Waals surface area contributed by atoms with Gasteiger partial charge >= 0.3 is 6.18 Å². The number of nitrogens with zero attached hydrogens (tertiary/aromatic N) is 3. The summed E-state index contributed by atoms with van der Waals surface area (Å²) < 4.78 is 40.5. The molecule has 1 N–H and O–H groups in total. The van der Waals surface area contributed by atoms with Crippen molar-refractivity contribution in [2.24, 2.45) is 0 Å². The van der Waals surface area contributed by atoms with E-state index < -0.39 is 24.5 Å². The number of anilines is 1. The Kier molecular flexibility index (Phi) is 5.00. The first kappa shape index (κ1) is 19.0. The van der Waals surface area contributed by atoms with Gasteiger partial charge in [0.2, 0.25) is 5.82 Å². The lowest BCUT2D eigenvalue weighted by atomic mass is 10.2. The molecule has 0 aliphatic rings. The largest absolute Gasteiger partial charge is 0.449 e. The lowest BCUT2D eigenvalue weighted by molar-refractivity contribution is -0.146. The van der Waals surface area contributed by atoms with Gasteiger partial charge in [-0.1, -0.05) is 35.3 Å². The molecule has 1 amide bonds. The zero-order chi connectivity index (χ0) is 19.8. The van der Waals surface area contributed by atoms with Gasteiger partial charge in [0, 0.05) is 0 Å². The summed E-state index contributed by atoms with van der Waals surface area (Å²) in [5, 5.41) is 11.5. The standard InChI is InChI=1S/C17H9Cl2F3N4O/c18-9-3-1-4-10(19)13(9)15(27)24-11-5-2-6-12-14(11)25-16(17(20,21)22)26(12)8-7-23/h1-6H,8H2,(H,24,27). The van der Waals surface area contributed by atoms with E-state index in [1.54, 1.807) is 12.1 Å². The summed E-state index contributed by atoms with van der Waals surface area (Å²) in [6, 6.07) is 10.4. The number of benzene rings is 2. The van der Waals surface area contributed by atoms with Gasteiger partial charge in [0.25, 0.3) is 5.91 Å². The van der Waals surface area contributed by atoms with Crippen LogP contribution in [0.25, 0.3) is 11.0 Å². The topological polar surface area (TPSA) is 70.7 Å². The lowest BCUT2D eigenvalue weighted by Gasteiger charge is -2.09. The molecule has 5 nitrogen and oxygen atoms in total. The Hall–Kier alpha value is -2.76. The van der Waals surface area contributed by atoms with E-state index in [4.69, 9.17) is 28.5 Å². The Labute approximate surface area is 160 Å². The van der Waals surface area contributed by atoms with Crippen molar-refractivity contribution in [2.45, 2.75) is 12.7 Å². The molecule has 0 bridgehead atoms. The summed E-state index contributed by atoms with van der Waals surface area (Å²) in [4.78, 5) is 16.1. The number of aromatic nitrogens is 2. The van der Waals surface area contributed by atoms with Gasteiger partial charge in [-0.3, -0.25) is 4.79 Å². The third kappa shape index (κ3) is 3.56. The van der Waals surface area contributed by atoms with Crippen LogP contribution in [0.1, 0.15) is 16.2 Å². The fourth-order valence-electron chi connectivity index (χ4n) is 2.59. The molecule has 0 aliphatic heterocycles. The molecule has 0 unspecified atom stereocenters. The number of carbonyl (C=O) groups is 1. The van der Waals surface area contributed by atoms with Gasteiger partial charge in [0.1, 0.15) is 12.1 Å². The first-order chi connectivity index (χ1) is 12.7. The third-order valence-corrected chi connectivity index (χ3v) is 4.33. The van der Waals surface area contributed by atoms with E-state index in [0.717, 1.165) is 4.57 Å². The molecular formula is C17H9Cl2F3N4O. The molecule has 10 heteroatoms. The molecule has 3 aromatic rings. The summed E-state index contributed by atoms with van der Waals surface area (Å²) >= 11 is 12.0. The smallest absolute Gasteiger partial charge is 0.320 e. The van der Waals surface area contributed by atoms with Gasteiger partial charge in [-0.05, 0) is 24.3 Å². The highest BCUT2D eigenvalue weighted by Gasteiger charge is 2.38. The normalized spacial score (nSPS) is 11.4. The van der Waals surface area contributed by atoms with Crippen molar-refractivity contribution >= 4 is 45.8 Å². The molecule has 0 saturated heterocycles. The fourth-order valence-corrected chi connectivity index (χ4v) is 3.16. The first-order valence-electron chi connectivity index (χ1n) is 7.42. The molecule has 0 radical (unpaired) electrons. The molecule has 3 rings (SSSR count). The second-order valence-electron chi connectivity index (χ2n) is 5.40. The van der Waals surface area contributed by atoms with Gasteiger partial charge < -0.3 is 9.88 Å². The number of para-hydroxylation sites is 1. The van der Waals surface area contributed by atoms with Gasteiger partial charge in [-0.15, -0.1) is 0 Å². The van der Waals surface area contributed by atoms with Crippen LogP contribution in [0.5, 0.6) is 0 Å². The van der Waals surface area contributed by atoms with E-state index in [2.05, 4.69) is 10.3 Å². The summed E-state index contributed by atoms with van der Waals surface area (Å²) in [6.07, 6.45) is -4.76. The van der Waals surface area contributed by atoms with Crippen molar-refractivity contribution in [3.8, 4) is 6.07 Å². The van der Waals surface area contributed by atoms with Crippen LogP contribution in [-0.4, -0.2) is 15.5 Å². The van der Waals surface area contributed by atoms with E-state index in [0.29, 0.717) is 0 Å². The zero-order valence-electron chi connectivity index (χ0n) is 13.3. The summed E-state index contributed by atoms with van der Waals surface area (Å²) in [5.41, 5.74) is -0.00968. The SMILES string of the molecule is N#CCn1c(C(F)(F)F)nc2c(NC(=O)c3c(Cl)cccc3Cl)cccc21. The molecule has 1 heterocycles. The number of carbonyl (C=O) groups excluding carboxylic acids is 1. The summed E-state index contributed by atoms with van der Waals surface area (Å²) in [5.74, 6) is -1.92. The van der Waals surface area contributed by atoms with Crippen molar-refractivity contribution in [3.05, 3.63) is 57.8 Å². The highest BCUT2D eigenvalue weighted by Crippen LogP contribution is 2.34. The molecule has 0 atom stereocenters. The number of nitrogens with one attached hydrogen (secondary N) is 1. The number of fused-ring (bicyclic) bond motifs is 1. The van der Waals surface area contributed by atoms with Crippen molar-refractivity contribution in [1.29, 1.82) is 5.26 Å². The number of hydrogen-bond donors (Lipinski definition) is 1. The average molecular weight is 413 g/mol. The maximum absolute atomic E-state index is 13.3. The van der Waals surface area contributed by atoms with Crippen molar-refractivity contribution in [2.75, 3.05) is 5.32 Å². The van der Waals surface area contributed by atoms with Crippen LogP contribution in [0.4, 0.5) is 18.9 Å². The lowest BCUT2D eigenvalue weighted by Crippen LogP contribution is -2.14. The Morgan fingerprint density at radius 2 is 1.81 bits per heavy atom. The molecule has 2 aromatic carbocycles. The van der Waals surface area contributed by atoms with Crippen LogP contribution >= 0.6 is 23.2 Å². The number of imidazole rings is 1. The van der Waals surface area contributed by atoms with E-state index in [1.807, 2.05) is 0 Å². The predicted octanol–water partition coefficient (Wildman–Crippen LogP) is 5.14. The van der Waals surface area contributed by atoms with E-state index in [9.17, 15) is 18.0 Å². The number of halogens is 5. The van der Waals surface area contributed by atoms with Crippen LogP contribution < -0.4 is 5.32 Å². The Morgan fingerprint density at radius 1 is 1.19 bits per heavy atom. The second kappa shape index (κ2) is 7.10. The fraction of sp³-hybridized carbons (Fsp3) is 0.118. The minimum Gasteiger partial charge on any atom is -0.320 e. The Balaban J connectivity index is 2.11. The second-order valence-corrected chi connectivity index (χ2v) is 6.22. The molecule has 0 spiro atoms. The van der Waals surface area contributed by atoms with Crippen LogP contribution in [-0.2, 0) is 12.7 Å². The zero-order valence-corrected chi connectivity index (χ0v) is 14.8. The number of nitriles is 1. The molecule has 1 aromatic heterocycles. The number of hydrogen-bond acceptors (Lipinski definition) is 3. The van der Waals surface area contributed by atoms with Crippen LogP contribution in [0.3, 0.4) is 0 Å². The first-order valence-corrected chi connectivity index (χ1v) is 8.18. The number of rotatable bonds is 3. The number of amides is 1. The van der Waals surface area contributed by atoms with Crippen molar-refractivity contribution in [1.82, 2.24) is 9.55 Å². The molecule has 0 aliphatic carbocycles. The van der Waals surface area contributed by atoms with E-state index in [-0.39, 0.29) is 32.3 Å². The number of alkyl halides is 3. The molecule has 27 heavy (non-hydrogen) atoms. The Morgan fingerprint density at radius 3 is 2.41 bits per heavy atom. The van der Waals surface area contributed by atoms with Crippen molar-refractivity contribution in [3.63, 3.8) is 0 Å². The Bertz CT molecular complexity index is 1070. The maximum atomic E-state index is 13.3.